The van der Waals surface area contributed by atoms with E-state index in [1.807, 2.05) is 26.2 Å². The van der Waals surface area contributed by atoms with Crippen molar-refractivity contribution in [2.45, 2.75) is 27.2 Å². The molecule has 0 aliphatic carbocycles. The molecule has 1 rings (SSSR count). The molecular weight excluding hydrogens is 196 g/mol. The van der Waals surface area contributed by atoms with Crippen LogP contribution in [0.5, 0.6) is 0 Å². The summed E-state index contributed by atoms with van der Waals surface area (Å²) in [7, 11) is 0. The van der Waals surface area contributed by atoms with Crippen LogP contribution in [0.15, 0.2) is 5.38 Å². The number of aryl methyl sites for hydroxylation is 1. The topological polar surface area (TPSA) is 42.0 Å². The molecule has 0 spiro atoms. The molecule has 1 aromatic heterocycles. The van der Waals surface area contributed by atoms with Crippen molar-refractivity contribution in [3.05, 3.63) is 16.1 Å². The third-order valence-corrected chi connectivity index (χ3v) is 2.69. The minimum Gasteiger partial charge on any atom is -0.355 e. The maximum Gasteiger partial charge on any atom is 0.222 e. The Kier molecular flexibility index (Phi) is 4.07. The van der Waals surface area contributed by atoms with Gasteiger partial charge in [0.25, 0.3) is 0 Å². The van der Waals surface area contributed by atoms with Gasteiger partial charge in [0.15, 0.2) is 0 Å². The molecule has 14 heavy (non-hydrogen) atoms. The number of nitrogens with zero attached hydrogens (tertiary/aromatic N) is 1. The zero-order valence-electron chi connectivity index (χ0n) is 8.83. The molecule has 0 aliphatic heterocycles. The number of thiazole rings is 1. The Labute approximate surface area is 88.6 Å². The first-order valence-electron chi connectivity index (χ1n) is 4.78. The average molecular weight is 212 g/mol. The summed E-state index contributed by atoms with van der Waals surface area (Å²) in [4.78, 5) is 15.5. The summed E-state index contributed by atoms with van der Waals surface area (Å²) in [6, 6.07) is 0. The highest BCUT2D eigenvalue weighted by atomic mass is 32.1. The van der Waals surface area contributed by atoms with Crippen LogP contribution in [0.1, 0.15) is 24.5 Å². The normalized spacial score (nSPS) is 10.6. The van der Waals surface area contributed by atoms with Crippen molar-refractivity contribution in [1.29, 1.82) is 0 Å². The highest BCUT2D eigenvalue weighted by molar-refractivity contribution is 7.09. The van der Waals surface area contributed by atoms with Gasteiger partial charge < -0.3 is 5.32 Å². The fraction of sp³-hybridized carbons (Fsp3) is 0.600. The Morgan fingerprint density at radius 3 is 2.86 bits per heavy atom. The van der Waals surface area contributed by atoms with E-state index in [-0.39, 0.29) is 11.8 Å². The smallest absolute Gasteiger partial charge is 0.222 e. The molecule has 4 heteroatoms. The van der Waals surface area contributed by atoms with Crippen LogP contribution < -0.4 is 5.32 Å². The van der Waals surface area contributed by atoms with Gasteiger partial charge in [-0.25, -0.2) is 4.98 Å². The van der Waals surface area contributed by atoms with E-state index in [0.717, 1.165) is 17.1 Å². The number of aromatic nitrogens is 1. The van der Waals surface area contributed by atoms with Crippen LogP contribution in [-0.4, -0.2) is 17.4 Å². The largest absolute Gasteiger partial charge is 0.355 e. The van der Waals surface area contributed by atoms with Gasteiger partial charge in [-0.2, -0.15) is 0 Å². The van der Waals surface area contributed by atoms with Crippen molar-refractivity contribution in [2.24, 2.45) is 5.92 Å². The second kappa shape index (κ2) is 5.10. The molecular formula is C10H16N2OS. The quantitative estimate of drug-likeness (QED) is 0.826. The Morgan fingerprint density at radius 2 is 2.36 bits per heavy atom. The van der Waals surface area contributed by atoms with Gasteiger partial charge in [0.2, 0.25) is 5.91 Å². The van der Waals surface area contributed by atoms with Gasteiger partial charge >= 0.3 is 0 Å². The Bertz CT molecular complexity index is 307. The molecule has 78 valence electrons. The molecule has 1 amide bonds. The highest BCUT2D eigenvalue weighted by Crippen LogP contribution is 2.07. The second-order valence-corrected chi connectivity index (χ2v) is 4.62. The lowest BCUT2D eigenvalue weighted by molar-refractivity contribution is -0.123. The lowest BCUT2D eigenvalue weighted by Crippen LogP contribution is -2.29. The lowest BCUT2D eigenvalue weighted by Gasteiger charge is -2.05. The third-order valence-electron chi connectivity index (χ3n) is 1.87. The van der Waals surface area contributed by atoms with Crippen LogP contribution in [0, 0.1) is 12.8 Å². The molecule has 0 bridgehead atoms. The van der Waals surface area contributed by atoms with Crippen molar-refractivity contribution < 1.29 is 4.79 Å². The molecule has 0 saturated heterocycles. The maximum absolute atomic E-state index is 11.2. The van der Waals surface area contributed by atoms with Crippen LogP contribution >= 0.6 is 11.3 Å². The van der Waals surface area contributed by atoms with Crippen molar-refractivity contribution in [3.8, 4) is 0 Å². The van der Waals surface area contributed by atoms with Crippen molar-refractivity contribution in [3.63, 3.8) is 0 Å². The van der Waals surface area contributed by atoms with Gasteiger partial charge in [0.1, 0.15) is 0 Å². The van der Waals surface area contributed by atoms with E-state index in [9.17, 15) is 4.79 Å². The fourth-order valence-electron chi connectivity index (χ4n) is 1.04. The summed E-state index contributed by atoms with van der Waals surface area (Å²) in [5.74, 6) is 0.170. The SMILES string of the molecule is Cc1nc(CCNC(=O)C(C)C)cs1. The third kappa shape index (κ3) is 3.46. The molecule has 0 saturated carbocycles. The van der Waals surface area contributed by atoms with Crippen LogP contribution in [0.25, 0.3) is 0 Å². The Balaban J connectivity index is 2.25. The van der Waals surface area contributed by atoms with Crippen molar-refractivity contribution in [1.82, 2.24) is 10.3 Å². The van der Waals surface area contributed by atoms with Crippen LogP contribution in [0.2, 0.25) is 0 Å². The minimum absolute atomic E-state index is 0.0622. The number of carbonyl (C=O) groups is 1. The number of hydrogen-bond donors (Lipinski definition) is 1. The van der Waals surface area contributed by atoms with Gasteiger partial charge in [-0.3, -0.25) is 4.79 Å². The summed E-state index contributed by atoms with van der Waals surface area (Å²) < 4.78 is 0. The first kappa shape index (κ1) is 11.2. The molecule has 0 aromatic carbocycles. The molecule has 1 N–H and O–H groups in total. The van der Waals surface area contributed by atoms with E-state index in [1.54, 1.807) is 11.3 Å². The van der Waals surface area contributed by atoms with Gasteiger partial charge in [0, 0.05) is 24.3 Å². The molecule has 0 fully saturated rings. The maximum atomic E-state index is 11.2. The number of nitrogens with one attached hydrogen (secondary N) is 1. The summed E-state index contributed by atoms with van der Waals surface area (Å²) >= 11 is 1.65. The number of carbonyl (C=O) groups excluding carboxylic acids is 1. The molecule has 1 heterocycles. The van der Waals surface area contributed by atoms with Crippen molar-refractivity contribution >= 4 is 17.2 Å². The van der Waals surface area contributed by atoms with E-state index in [2.05, 4.69) is 10.3 Å². The zero-order chi connectivity index (χ0) is 10.6. The van der Waals surface area contributed by atoms with Gasteiger partial charge in [0.05, 0.1) is 10.7 Å². The highest BCUT2D eigenvalue weighted by Gasteiger charge is 2.05. The van der Waals surface area contributed by atoms with Crippen molar-refractivity contribution in [2.75, 3.05) is 6.54 Å². The second-order valence-electron chi connectivity index (χ2n) is 3.55. The first-order chi connectivity index (χ1) is 6.59. The summed E-state index contributed by atoms with van der Waals surface area (Å²) in [5.41, 5.74) is 1.07. The molecule has 0 radical (unpaired) electrons. The zero-order valence-corrected chi connectivity index (χ0v) is 9.65. The van der Waals surface area contributed by atoms with E-state index in [1.165, 1.54) is 0 Å². The average Bonchev–Trinajstić information content (AvgIpc) is 2.51. The fourth-order valence-corrected chi connectivity index (χ4v) is 1.69. The molecule has 0 unspecified atom stereocenters. The monoisotopic (exact) mass is 212 g/mol. The summed E-state index contributed by atoms with van der Waals surface area (Å²) in [5, 5.41) is 5.98. The molecule has 0 atom stereocenters. The first-order valence-corrected chi connectivity index (χ1v) is 5.66. The summed E-state index contributed by atoms with van der Waals surface area (Å²) in [6.45, 7) is 6.45. The standard InChI is InChI=1S/C10H16N2OS/c1-7(2)10(13)11-5-4-9-6-14-8(3)12-9/h6-7H,4-5H2,1-3H3,(H,11,13). The molecule has 3 nitrogen and oxygen atoms in total. The minimum atomic E-state index is 0.0622. The Morgan fingerprint density at radius 1 is 1.64 bits per heavy atom. The predicted molar refractivity (Wildman–Crippen MR) is 58.4 cm³/mol. The van der Waals surface area contributed by atoms with Crippen LogP contribution in [-0.2, 0) is 11.2 Å². The van der Waals surface area contributed by atoms with Crippen LogP contribution in [0.3, 0.4) is 0 Å². The van der Waals surface area contributed by atoms with Gasteiger partial charge in [-0.1, -0.05) is 13.8 Å². The van der Waals surface area contributed by atoms with E-state index >= 15 is 0 Å². The van der Waals surface area contributed by atoms with Gasteiger partial charge in [-0.15, -0.1) is 11.3 Å². The lowest BCUT2D eigenvalue weighted by atomic mass is 10.2. The predicted octanol–water partition coefficient (Wildman–Crippen LogP) is 1.77. The molecule has 1 aromatic rings. The summed E-state index contributed by atoms with van der Waals surface area (Å²) in [6.07, 6.45) is 0.822. The molecule has 0 aliphatic rings. The Hall–Kier alpha value is -0.900. The number of amides is 1. The number of hydrogen-bond acceptors (Lipinski definition) is 3. The van der Waals surface area contributed by atoms with Crippen LogP contribution in [0.4, 0.5) is 0 Å². The van der Waals surface area contributed by atoms with E-state index < -0.39 is 0 Å². The van der Waals surface area contributed by atoms with E-state index in [0.29, 0.717) is 6.54 Å². The van der Waals surface area contributed by atoms with Gasteiger partial charge in [-0.05, 0) is 6.92 Å². The van der Waals surface area contributed by atoms with E-state index in [4.69, 9.17) is 0 Å². The number of rotatable bonds is 4.